The van der Waals surface area contributed by atoms with E-state index in [4.69, 9.17) is 35.8 Å². The maximum absolute atomic E-state index is 8.57. The summed E-state index contributed by atoms with van der Waals surface area (Å²) < 4.78 is 21.6. The molecule has 0 bridgehead atoms. The van der Waals surface area contributed by atoms with Crippen LogP contribution in [0.25, 0.3) is 0 Å². The van der Waals surface area contributed by atoms with Crippen LogP contribution in [-0.2, 0) is 12.3 Å². The van der Waals surface area contributed by atoms with Crippen molar-refractivity contribution in [3.05, 3.63) is 47.5 Å². The topological polar surface area (TPSA) is 60.7 Å². The SMILES string of the molecule is ClCc1cccc2c1OCCO2.N#CCc1cccc2c1OCCO2. The van der Waals surface area contributed by atoms with Gasteiger partial charge in [0.15, 0.2) is 23.0 Å². The third-order valence-electron chi connectivity index (χ3n) is 3.71. The highest BCUT2D eigenvalue weighted by Gasteiger charge is 2.15. The average Bonchev–Trinajstić information content (AvgIpc) is 2.68. The molecule has 0 saturated heterocycles. The Balaban J connectivity index is 0.000000146. The zero-order valence-corrected chi connectivity index (χ0v) is 14.4. The first kappa shape index (κ1) is 17.2. The van der Waals surface area contributed by atoms with Gasteiger partial charge in [0.1, 0.15) is 26.4 Å². The first-order valence-electron chi connectivity index (χ1n) is 8.01. The summed E-state index contributed by atoms with van der Waals surface area (Å²) in [5, 5.41) is 8.57. The molecule has 130 valence electrons. The highest BCUT2D eigenvalue weighted by molar-refractivity contribution is 6.17. The van der Waals surface area contributed by atoms with E-state index < -0.39 is 0 Å². The van der Waals surface area contributed by atoms with E-state index in [1.54, 1.807) is 0 Å². The third kappa shape index (κ3) is 4.09. The van der Waals surface area contributed by atoms with Gasteiger partial charge in [0, 0.05) is 11.1 Å². The van der Waals surface area contributed by atoms with E-state index in [9.17, 15) is 0 Å². The predicted molar refractivity (Wildman–Crippen MR) is 93.7 cm³/mol. The Labute approximate surface area is 151 Å². The van der Waals surface area contributed by atoms with Gasteiger partial charge in [-0.05, 0) is 12.1 Å². The summed E-state index contributed by atoms with van der Waals surface area (Å²) in [6.45, 7) is 2.39. The molecule has 0 aliphatic carbocycles. The van der Waals surface area contributed by atoms with Gasteiger partial charge >= 0.3 is 0 Å². The van der Waals surface area contributed by atoms with E-state index in [1.807, 2.05) is 36.4 Å². The summed E-state index contributed by atoms with van der Waals surface area (Å²) in [5.41, 5.74) is 1.90. The summed E-state index contributed by atoms with van der Waals surface area (Å²) >= 11 is 5.73. The fourth-order valence-electron chi connectivity index (χ4n) is 2.60. The van der Waals surface area contributed by atoms with E-state index in [0.29, 0.717) is 38.7 Å². The van der Waals surface area contributed by atoms with Crippen molar-refractivity contribution in [1.29, 1.82) is 5.26 Å². The van der Waals surface area contributed by atoms with Crippen molar-refractivity contribution in [1.82, 2.24) is 0 Å². The molecule has 5 nitrogen and oxygen atoms in total. The lowest BCUT2D eigenvalue weighted by Crippen LogP contribution is -2.16. The first-order valence-corrected chi connectivity index (χ1v) is 8.55. The quantitative estimate of drug-likeness (QED) is 0.765. The lowest BCUT2D eigenvalue weighted by Gasteiger charge is -2.19. The number of hydrogen-bond acceptors (Lipinski definition) is 5. The van der Waals surface area contributed by atoms with E-state index in [1.165, 1.54) is 0 Å². The average molecular weight is 360 g/mol. The molecule has 25 heavy (non-hydrogen) atoms. The van der Waals surface area contributed by atoms with Gasteiger partial charge in [-0.15, -0.1) is 11.6 Å². The van der Waals surface area contributed by atoms with Gasteiger partial charge in [-0.3, -0.25) is 0 Å². The lowest BCUT2D eigenvalue weighted by atomic mass is 10.1. The van der Waals surface area contributed by atoms with Crippen molar-refractivity contribution < 1.29 is 18.9 Å². The Morgan fingerprint density at radius 3 is 1.88 bits per heavy atom. The van der Waals surface area contributed by atoms with Crippen LogP contribution in [0, 0.1) is 11.3 Å². The van der Waals surface area contributed by atoms with Crippen LogP contribution in [0.3, 0.4) is 0 Å². The second-order valence-corrected chi connectivity index (χ2v) is 5.62. The Bertz CT molecular complexity index is 758. The van der Waals surface area contributed by atoms with E-state index in [0.717, 1.165) is 34.1 Å². The Morgan fingerprint density at radius 1 is 0.800 bits per heavy atom. The van der Waals surface area contributed by atoms with Crippen molar-refractivity contribution in [2.75, 3.05) is 26.4 Å². The molecule has 0 aromatic heterocycles. The molecule has 0 saturated carbocycles. The normalized spacial score (nSPS) is 13.9. The molecule has 0 N–H and O–H groups in total. The van der Waals surface area contributed by atoms with Crippen molar-refractivity contribution in [2.45, 2.75) is 12.3 Å². The molecule has 2 heterocycles. The predicted octanol–water partition coefficient (Wildman–Crippen LogP) is 3.72. The van der Waals surface area contributed by atoms with E-state index in [-0.39, 0.29) is 0 Å². The lowest BCUT2D eigenvalue weighted by molar-refractivity contribution is 0.170. The monoisotopic (exact) mass is 359 g/mol. The minimum atomic E-state index is 0.368. The maximum Gasteiger partial charge on any atom is 0.165 e. The number of halogens is 1. The van der Waals surface area contributed by atoms with Crippen molar-refractivity contribution in [2.24, 2.45) is 0 Å². The first-order chi connectivity index (χ1) is 12.3. The van der Waals surface area contributed by atoms with E-state index in [2.05, 4.69) is 6.07 Å². The van der Waals surface area contributed by atoms with Gasteiger partial charge in [0.25, 0.3) is 0 Å². The summed E-state index contributed by atoms with van der Waals surface area (Å²) in [6, 6.07) is 13.5. The highest BCUT2D eigenvalue weighted by Crippen LogP contribution is 2.34. The highest BCUT2D eigenvalue weighted by atomic mass is 35.5. The molecule has 4 rings (SSSR count). The Morgan fingerprint density at radius 2 is 1.32 bits per heavy atom. The summed E-state index contributed by atoms with van der Waals surface area (Å²) in [5.74, 6) is 3.56. The number of rotatable bonds is 2. The molecule has 0 spiro atoms. The van der Waals surface area contributed by atoms with Gasteiger partial charge in [-0.25, -0.2) is 0 Å². The zero-order chi connectivity index (χ0) is 17.5. The van der Waals surface area contributed by atoms with Crippen LogP contribution in [0.5, 0.6) is 23.0 Å². The second-order valence-electron chi connectivity index (χ2n) is 5.35. The Kier molecular flexibility index (Phi) is 5.86. The second kappa shape index (κ2) is 8.50. The van der Waals surface area contributed by atoms with Crippen LogP contribution in [-0.4, -0.2) is 26.4 Å². The number of hydrogen-bond donors (Lipinski definition) is 0. The largest absolute Gasteiger partial charge is 0.486 e. The smallest absolute Gasteiger partial charge is 0.165 e. The van der Waals surface area contributed by atoms with E-state index >= 15 is 0 Å². The molecule has 0 fully saturated rings. The fraction of sp³-hybridized carbons (Fsp3) is 0.316. The van der Waals surface area contributed by atoms with Gasteiger partial charge in [-0.1, -0.05) is 24.3 Å². The number of para-hydroxylation sites is 2. The van der Waals surface area contributed by atoms with Crippen molar-refractivity contribution in [3.63, 3.8) is 0 Å². The van der Waals surface area contributed by atoms with Crippen molar-refractivity contribution in [3.8, 4) is 29.1 Å². The van der Waals surface area contributed by atoms with Gasteiger partial charge in [0.2, 0.25) is 0 Å². The minimum Gasteiger partial charge on any atom is -0.486 e. The molecule has 0 amide bonds. The number of alkyl halides is 1. The number of nitriles is 1. The Hall–Kier alpha value is -2.58. The molecule has 2 aromatic rings. The molecule has 2 aliphatic rings. The zero-order valence-electron chi connectivity index (χ0n) is 13.7. The van der Waals surface area contributed by atoms with Crippen LogP contribution in [0.15, 0.2) is 36.4 Å². The minimum absolute atomic E-state index is 0.368. The molecule has 2 aromatic carbocycles. The van der Waals surface area contributed by atoms with Crippen LogP contribution in [0.1, 0.15) is 11.1 Å². The van der Waals surface area contributed by atoms with Gasteiger partial charge in [-0.2, -0.15) is 5.26 Å². The maximum atomic E-state index is 8.57. The van der Waals surface area contributed by atoms with Gasteiger partial charge < -0.3 is 18.9 Å². The van der Waals surface area contributed by atoms with Crippen LogP contribution in [0.4, 0.5) is 0 Å². The van der Waals surface area contributed by atoms with Crippen LogP contribution >= 0.6 is 11.6 Å². The summed E-state index contributed by atoms with van der Waals surface area (Å²) in [4.78, 5) is 0. The number of ether oxygens (including phenoxy) is 4. The molecule has 2 aliphatic heterocycles. The molecule has 0 radical (unpaired) electrons. The molecule has 6 heteroatoms. The molecule has 0 unspecified atom stereocenters. The molecular weight excluding hydrogens is 342 g/mol. The standard InChI is InChI=1S/C10H9NO2.C9H9ClO2/c11-5-4-8-2-1-3-9-10(8)13-7-6-12-9;10-6-7-2-1-3-8-9(7)12-5-4-11-8/h1-3H,4,6-7H2;1-3H,4-6H2. The number of benzene rings is 2. The fourth-order valence-corrected chi connectivity index (χ4v) is 2.81. The summed E-state index contributed by atoms with van der Waals surface area (Å²) in [7, 11) is 0. The molecule has 0 atom stereocenters. The number of fused-ring (bicyclic) bond motifs is 2. The number of nitrogens with zero attached hydrogens (tertiary/aromatic N) is 1. The summed E-state index contributed by atoms with van der Waals surface area (Å²) in [6.07, 6.45) is 0.368. The third-order valence-corrected chi connectivity index (χ3v) is 4.00. The van der Waals surface area contributed by atoms with Crippen LogP contribution < -0.4 is 18.9 Å². The molecular formula is C19H18ClNO4. The van der Waals surface area contributed by atoms with Crippen molar-refractivity contribution >= 4 is 11.6 Å². The van der Waals surface area contributed by atoms with Gasteiger partial charge in [0.05, 0.1) is 18.4 Å². The van der Waals surface area contributed by atoms with Crippen LogP contribution in [0.2, 0.25) is 0 Å².